The fraction of sp³-hybridized carbons (Fsp3) is 0.600. The minimum Gasteiger partial charge on any atom is -0.511 e. The van der Waals surface area contributed by atoms with Gasteiger partial charge in [0.15, 0.2) is 5.78 Å². The minimum absolute atomic E-state index is 0.102. The number of hydrogen-bond donors (Lipinski definition) is 1. The van der Waals surface area contributed by atoms with E-state index < -0.39 is 11.9 Å². The van der Waals surface area contributed by atoms with Crippen molar-refractivity contribution in [3.63, 3.8) is 0 Å². The third-order valence-electron chi connectivity index (χ3n) is 2.63. The fourth-order valence-corrected chi connectivity index (χ4v) is 1.68. The normalized spacial score (nSPS) is 27.8. The monoisotopic (exact) mass is 198 g/mol. The highest BCUT2D eigenvalue weighted by molar-refractivity contribution is 5.98. The van der Waals surface area contributed by atoms with Crippen LogP contribution in [-0.2, 0) is 14.3 Å². The maximum atomic E-state index is 11.3. The molecule has 0 heterocycles. The predicted octanol–water partition coefficient (Wildman–Crippen LogP) is 1.22. The summed E-state index contributed by atoms with van der Waals surface area (Å²) in [6.45, 7) is 3.28. The van der Waals surface area contributed by atoms with Gasteiger partial charge in [-0.2, -0.15) is 0 Å². The first-order valence-electron chi connectivity index (χ1n) is 4.49. The number of esters is 1. The highest BCUT2D eigenvalue weighted by atomic mass is 16.5. The second-order valence-electron chi connectivity index (χ2n) is 3.62. The van der Waals surface area contributed by atoms with Crippen LogP contribution >= 0.6 is 0 Å². The molecule has 0 amide bonds. The zero-order chi connectivity index (χ0) is 10.9. The summed E-state index contributed by atoms with van der Waals surface area (Å²) in [6, 6.07) is 0. The molecule has 0 aromatic carbocycles. The smallest absolute Gasteiger partial charge is 0.316 e. The molecule has 0 aliphatic heterocycles. The van der Waals surface area contributed by atoms with E-state index in [1.165, 1.54) is 14.0 Å². The number of carbonyl (C=O) groups is 2. The van der Waals surface area contributed by atoms with E-state index in [9.17, 15) is 14.7 Å². The van der Waals surface area contributed by atoms with Crippen LogP contribution < -0.4 is 0 Å². The van der Waals surface area contributed by atoms with Crippen molar-refractivity contribution >= 4 is 11.8 Å². The van der Waals surface area contributed by atoms with Gasteiger partial charge in [0.1, 0.15) is 11.7 Å². The van der Waals surface area contributed by atoms with Gasteiger partial charge in [-0.25, -0.2) is 0 Å². The van der Waals surface area contributed by atoms with E-state index in [0.29, 0.717) is 0 Å². The maximum absolute atomic E-state index is 11.3. The van der Waals surface area contributed by atoms with Crippen molar-refractivity contribution in [3.8, 4) is 0 Å². The maximum Gasteiger partial charge on any atom is 0.316 e. The molecule has 0 aromatic rings. The summed E-state index contributed by atoms with van der Waals surface area (Å²) in [7, 11) is 1.27. The van der Waals surface area contributed by atoms with Crippen LogP contribution in [0.25, 0.3) is 0 Å². The Morgan fingerprint density at radius 2 is 2.14 bits per heavy atom. The Bertz CT molecular complexity index is 303. The molecule has 0 saturated carbocycles. The van der Waals surface area contributed by atoms with Crippen molar-refractivity contribution in [1.29, 1.82) is 0 Å². The third kappa shape index (κ3) is 1.64. The van der Waals surface area contributed by atoms with Gasteiger partial charge < -0.3 is 9.84 Å². The molecule has 1 N–H and O–H groups in total. The SMILES string of the molecule is COC(=O)[C@@H]1C(O)=C(C)C(=O)C[C@H]1C. The van der Waals surface area contributed by atoms with Crippen LogP contribution in [0.5, 0.6) is 0 Å². The lowest BCUT2D eigenvalue weighted by Gasteiger charge is -2.26. The van der Waals surface area contributed by atoms with Gasteiger partial charge in [0, 0.05) is 12.0 Å². The van der Waals surface area contributed by atoms with Crippen LogP contribution in [0.15, 0.2) is 11.3 Å². The molecule has 0 aromatic heterocycles. The Morgan fingerprint density at radius 1 is 1.57 bits per heavy atom. The topological polar surface area (TPSA) is 63.6 Å². The molecular weight excluding hydrogens is 184 g/mol. The fourth-order valence-electron chi connectivity index (χ4n) is 1.68. The van der Waals surface area contributed by atoms with Crippen molar-refractivity contribution in [1.82, 2.24) is 0 Å². The van der Waals surface area contributed by atoms with Gasteiger partial charge in [-0.1, -0.05) is 6.92 Å². The second kappa shape index (κ2) is 3.82. The number of allylic oxidation sites excluding steroid dienone is 1. The van der Waals surface area contributed by atoms with Gasteiger partial charge in [0.05, 0.1) is 7.11 Å². The van der Waals surface area contributed by atoms with Crippen LogP contribution in [0.3, 0.4) is 0 Å². The Labute approximate surface area is 82.6 Å². The van der Waals surface area contributed by atoms with E-state index >= 15 is 0 Å². The first kappa shape index (κ1) is 10.8. The Kier molecular flexibility index (Phi) is 2.93. The number of Topliss-reactive ketones (excluding diaryl/α,β-unsaturated/α-hetero) is 1. The van der Waals surface area contributed by atoms with Gasteiger partial charge in [-0.05, 0) is 12.8 Å². The summed E-state index contributed by atoms with van der Waals surface area (Å²) in [5.41, 5.74) is 0.276. The van der Waals surface area contributed by atoms with Crippen LogP contribution in [0.2, 0.25) is 0 Å². The predicted molar refractivity (Wildman–Crippen MR) is 49.6 cm³/mol. The number of aliphatic hydroxyl groups is 1. The largest absolute Gasteiger partial charge is 0.511 e. The van der Waals surface area contributed by atoms with Gasteiger partial charge in [-0.3, -0.25) is 9.59 Å². The molecule has 1 aliphatic carbocycles. The molecular formula is C10H14O4. The van der Waals surface area contributed by atoms with E-state index in [4.69, 9.17) is 0 Å². The molecule has 4 heteroatoms. The zero-order valence-corrected chi connectivity index (χ0v) is 8.53. The van der Waals surface area contributed by atoms with Crippen LogP contribution in [0.1, 0.15) is 20.3 Å². The molecule has 2 atom stereocenters. The van der Waals surface area contributed by atoms with Gasteiger partial charge in [0.25, 0.3) is 0 Å². The van der Waals surface area contributed by atoms with Crippen molar-refractivity contribution in [2.75, 3.05) is 7.11 Å². The average Bonchev–Trinajstić information content (AvgIpc) is 2.14. The average molecular weight is 198 g/mol. The summed E-state index contributed by atoms with van der Waals surface area (Å²) in [5.74, 6) is -1.60. The quantitative estimate of drug-likeness (QED) is 0.643. The molecule has 1 rings (SSSR count). The molecule has 0 radical (unpaired) electrons. The van der Waals surface area contributed by atoms with Crippen molar-refractivity contribution in [2.45, 2.75) is 20.3 Å². The number of aliphatic hydroxyl groups excluding tert-OH is 1. The highest BCUT2D eigenvalue weighted by Gasteiger charge is 2.37. The Morgan fingerprint density at radius 3 is 2.64 bits per heavy atom. The van der Waals surface area contributed by atoms with Gasteiger partial charge >= 0.3 is 5.97 Å². The first-order valence-corrected chi connectivity index (χ1v) is 4.49. The molecule has 14 heavy (non-hydrogen) atoms. The molecule has 0 fully saturated rings. The molecule has 0 unspecified atom stereocenters. The number of rotatable bonds is 1. The summed E-state index contributed by atoms with van der Waals surface area (Å²) in [5, 5.41) is 9.64. The molecule has 4 nitrogen and oxygen atoms in total. The van der Waals surface area contributed by atoms with Crippen molar-refractivity contribution in [2.24, 2.45) is 11.8 Å². The standard InChI is InChI=1S/C10H14O4/c1-5-4-7(11)6(2)9(12)8(5)10(13)14-3/h5,8,12H,4H2,1-3H3/t5-,8+/m1/s1. The van der Waals surface area contributed by atoms with E-state index in [1.807, 2.05) is 0 Å². The summed E-state index contributed by atoms with van der Waals surface area (Å²) < 4.78 is 4.57. The third-order valence-corrected chi connectivity index (χ3v) is 2.63. The van der Waals surface area contributed by atoms with E-state index in [2.05, 4.69) is 4.74 Å². The van der Waals surface area contributed by atoms with Gasteiger partial charge in [0.2, 0.25) is 0 Å². The van der Waals surface area contributed by atoms with Gasteiger partial charge in [-0.15, -0.1) is 0 Å². The first-order chi connectivity index (χ1) is 6.49. The number of carbonyl (C=O) groups excluding carboxylic acids is 2. The number of ether oxygens (including phenoxy) is 1. The van der Waals surface area contributed by atoms with Crippen molar-refractivity contribution in [3.05, 3.63) is 11.3 Å². The summed E-state index contributed by atoms with van der Waals surface area (Å²) in [4.78, 5) is 22.6. The summed E-state index contributed by atoms with van der Waals surface area (Å²) in [6.07, 6.45) is 0.287. The van der Waals surface area contributed by atoms with Crippen molar-refractivity contribution < 1.29 is 19.4 Å². The molecule has 78 valence electrons. The Hall–Kier alpha value is -1.32. The molecule has 0 bridgehead atoms. The Balaban J connectivity index is 3.05. The minimum atomic E-state index is -0.683. The van der Waals surface area contributed by atoms with E-state index in [-0.39, 0.29) is 29.5 Å². The number of hydrogen-bond acceptors (Lipinski definition) is 4. The number of ketones is 1. The lowest BCUT2D eigenvalue weighted by Crippen LogP contribution is -2.32. The lowest BCUT2D eigenvalue weighted by molar-refractivity contribution is -0.147. The second-order valence-corrected chi connectivity index (χ2v) is 3.62. The van der Waals surface area contributed by atoms with Crippen LogP contribution in [-0.4, -0.2) is 24.0 Å². The van der Waals surface area contributed by atoms with E-state index in [1.54, 1.807) is 6.92 Å². The zero-order valence-electron chi connectivity index (χ0n) is 8.53. The lowest BCUT2D eigenvalue weighted by atomic mass is 9.80. The molecule has 1 aliphatic rings. The molecule has 0 saturated heterocycles. The number of methoxy groups -OCH3 is 1. The molecule has 0 spiro atoms. The van der Waals surface area contributed by atoms with Crippen LogP contribution in [0, 0.1) is 11.8 Å². The highest BCUT2D eigenvalue weighted by Crippen LogP contribution is 2.31. The van der Waals surface area contributed by atoms with E-state index in [0.717, 1.165) is 0 Å². The van der Waals surface area contributed by atoms with Crippen LogP contribution in [0.4, 0.5) is 0 Å². The summed E-state index contributed by atoms with van der Waals surface area (Å²) >= 11 is 0.